The lowest BCUT2D eigenvalue weighted by Crippen LogP contribution is -2.37. The second-order valence-electron chi connectivity index (χ2n) is 7.28. The van der Waals surface area contributed by atoms with Crippen LogP contribution in [0.2, 0.25) is 0 Å². The molecule has 1 N–H and O–H groups in total. The first-order valence-corrected chi connectivity index (χ1v) is 6.68. The van der Waals surface area contributed by atoms with Gasteiger partial charge in [-0.2, -0.15) is 0 Å². The van der Waals surface area contributed by atoms with E-state index in [9.17, 15) is 5.11 Å². The minimum Gasteiger partial charge on any atom is -0.388 e. The topological polar surface area (TPSA) is 20.2 Å². The molecule has 98 valence electrons. The summed E-state index contributed by atoms with van der Waals surface area (Å²) in [5.74, 6) is 0.219. The number of hydrogen-bond acceptors (Lipinski definition) is 1. The molecule has 2 atom stereocenters. The van der Waals surface area contributed by atoms with E-state index in [1.54, 1.807) is 0 Å². The number of aliphatic hydroxyl groups excluding tert-OH is 1. The molecule has 1 rings (SSSR count). The van der Waals surface area contributed by atoms with E-state index in [-0.39, 0.29) is 22.9 Å². The van der Waals surface area contributed by atoms with Gasteiger partial charge in [0.2, 0.25) is 0 Å². The van der Waals surface area contributed by atoms with Crippen LogP contribution in [0.15, 0.2) is 23.3 Å². The van der Waals surface area contributed by atoms with E-state index in [0.29, 0.717) is 0 Å². The smallest absolute Gasteiger partial charge is 0.0826 e. The van der Waals surface area contributed by atoms with Gasteiger partial charge in [-0.05, 0) is 22.8 Å². The molecule has 0 aromatic rings. The molecule has 0 spiro atoms. The summed E-state index contributed by atoms with van der Waals surface area (Å²) in [6.45, 7) is 15.3. The Morgan fingerprint density at radius 2 is 1.65 bits per heavy atom. The molecule has 0 bridgehead atoms. The van der Waals surface area contributed by atoms with Crippen molar-refractivity contribution in [3.05, 3.63) is 23.3 Å². The van der Waals surface area contributed by atoms with Gasteiger partial charge in [-0.25, -0.2) is 0 Å². The Kier molecular flexibility index (Phi) is 3.93. The first kappa shape index (κ1) is 14.5. The van der Waals surface area contributed by atoms with Crippen LogP contribution in [0.4, 0.5) is 0 Å². The van der Waals surface area contributed by atoms with Crippen molar-refractivity contribution in [3.8, 4) is 0 Å². The molecule has 0 aromatic heterocycles. The van der Waals surface area contributed by atoms with Gasteiger partial charge in [0.25, 0.3) is 0 Å². The van der Waals surface area contributed by atoms with Gasteiger partial charge >= 0.3 is 0 Å². The van der Waals surface area contributed by atoms with Crippen LogP contribution in [0, 0.1) is 16.7 Å². The zero-order valence-electron chi connectivity index (χ0n) is 12.5. The van der Waals surface area contributed by atoms with Crippen LogP contribution in [0.1, 0.15) is 54.9 Å². The monoisotopic (exact) mass is 236 g/mol. The maximum Gasteiger partial charge on any atom is 0.0826 e. The van der Waals surface area contributed by atoms with Crippen LogP contribution in [-0.4, -0.2) is 11.2 Å². The number of aliphatic hydroxyl groups is 1. The molecule has 0 saturated carbocycles. The van der Waals surface area contributed by atoms with Crippen molar-refractivity contribution in [2.24, 2.45) is 16.7 Å². The Morgan fingerprint density at radius 1 is 1.12 bits per heavy atom. The van der Waals surface area contributed by atoms with Gasteiger partial charge in [-0.1, -0.05) is 66.2 Å². The molecule has 0 fully saturated rings. The maximum atomic E-state index is 10.6. The van der Waals surface area contributed by atoms with Crippen LogP contribution < -0.4 is 0 Å². The summed E-state index contributed by atoms with van der Waals surface area (Å²) in [5, 5.41) is 10.6. The van der Waals surface area contributed by atoms with Crippen molar-refractivity contribution in [3.63, 3.8) is 0 Å². The fourth-order valence-electron chi connectivity index (χ4n) is 2.45. The Morgan fingerprint density at radius 3 is 2.00 bits per heavy atom. The Hall–Kier alpha value is -0.560. The molecular weight excluding hydrogens is 208 g/mol. The minimum absolute atomic E-state index is 0.0393. The summed E-state index contributed by atoms with van der Waals surface area (Å²) >= 11 is 0. The Bertz CT molecular complexity index is 334. The molecule has 1 heteroatoms. The van der Waals surface area contributed by atoms with Crippen molar-refractivity contribution < 1.29 is 5.11 Å². The van der Waals surface area contributed by atoms with Crippen LogP contribution in [0.25, 0.3) is 0 Å². The van der Waals surface area contributed by atoms with Crippen molar-refractivity contribution in [2.75, 3.05) is 0 Å². The summed E-state index contributed by atoms with van der Waals surface area (Å²) in [6, 6.07) is 0. The minimum atomic E-state index is -0.342. The van der Waals surface area contributed by atoms with Gasteiger partial charge in [0.15, 0.2) is 0 Å². The molecule has 0 heterocycles. The van der Waals surface area contributed by atoms with Gasteiger partial charge in [0.1, 0.15) is 0 Å². The normalized spacial score (nSPS) is 26.6. The molecule has 0 aliphatic heterocycles. The average Bonchev–Trinajstić information content (AvgIpc) is 2.14. The van der Waals surface area contributed by atoms with Gasteiger partial charge in [-0.3, -0.25) is 0 Å². The van der Waals surface area contributed by atoms with Gasteiger partial charge < -0.3 is 5.11 Å². The molecule has 1 nitrogen and oxygen atoms in total. The molecule has 1 unspecified atom stereocenters. The van der Waals surface area contributed by atoms with Crippen molar-refractivity contribution in [2.45, 2.75) is 61.0 Å². The number of rotatable bonds is 1. The molecule has 0 saturated heterocycles. The summed E-state index contributed by atoms with van der Waals surface area (Å²) < 4.78 is 0. The zero-order valence-corrected chi connectivity index (χ0v) is 12.5. The second kappa shape index (κ2) is 4.61. The SMILES string of the molecule is CCC1=CC(C(C)(C)C)[C@@H](O)C(C(C)(C)C)=C1. The lowest BCUT2D eigenvalue weighted by atomic mass is 9.67. The summed E-state index contributed by atoms with van der Waals surface area (Å²) in [7, 11) is 0. The van der Waals surface area contributed by atoms with Crippen LogP contribution >= 0.6 is 0 Å². The summed E-state index contributed by atoms with van der Waals surface area (Å²) in [4.78, 5) is 0. The Balaban J connectivity index is 3.18. The lowest BCUT2D eigenvalue weighted by molar-refractivity contribution is 0.0817. The molecule has 0 radical (unpaired) electrons. The van der Waals surface area contributed by atoms with E-state index >= 15 is 0 Å². The van der Waals surface area contributed by atoms with Gasteiger partial charge in [0, 0.05) is 5.92 Å². The maximum absolute atomic E-state index is 10.6. The Labute approximate surface area is 107 Å². The van der Waals surface area contributed by atoms with E-state index in [1.165, 1.54) is 11.1 Å². The quantitative estimate of drug-likeness (QED) is 0.718. The standard InChI is InChI=1S/C16H28O/c1-8-11-9-12(15(2,3)4)14(17)13(10-11)16(5,6)7/h9-10,12,14,17H,8H2,1-7H3/t12?,14-/m1/s1. The third kappa shape index (κ3) is 3.22. The van der Waals surface area contributed by atoms with E-state index in [4.69, 9.17) is 0 Å². The highest BCUT2D eigenvalue weighted by Gasteiger charge is 2.37. The molecule has 1 aliphatic rings. The highest BCUT2D eigenvalue weighted by molar-refractivity contribution is 5.36. The molecule has 1 aliphatic carbocycles. The third-order valence-corrected chi connectivity index (χ3v) is 3.67. The fraction of sp³-hybridized carbons (Fsp3) is 0.750. The van der Waals surface area contributed by atoms with E-state index in [1.807, 2.05) is 0 Å². The zero-order chi connectivity index (χ0) is 13.4. The molecule has 17 heavy (non-hydrogen) atoms. The first-order chi connectivity index (χ1) is 7.57. The van der Waals surface area contributed by atoms with E-state index in [0.717, 1.165) is 6.42 Å². The predicted octanol–water partition coefficient (Wildman–Crippen LogP) is 4.33. The first-order valence-electron chi connectivity index (χ1n) is 6.68. The summed E-state index contributed by atoms with van der Waals surface area (Å²) in [5.41, 5.74) is 2.68. The predicted molar refractivity (Wildman–Crippen MR) is 74.9 cm³/mol. The highest BCUT2D eigenvalue weighted by Crippen LogP contribution is 2.42. The van der Waals surface area contributed by atoms with Crippen LogP contribution in [-0.2, 0) is 0 Å². The van der Waals surface area contributed by atoms with E-state index in [2.05, 4.69) is 60.6 Å². The van der Waals surface area contributed by atoms with Gasteiger partial charge in [-0.15, -0.1) is 0 Å². The summed E-state index contributed by atoms with van der Waals surface area (Å²) in [6.07, 6.45) is 5.16. The highest BCUT2D eigenvalue weighted by atomic mass is 16.3. The van der Waals surface area contributed by atoms with Gasteiger partial charge in [0.05, 0.1) is 6.10 Å². The average molecular weight is 236 g/mol. The molecule has 0 aromatic carbocycles. The number of hydrogen-bond donors (Lipinski definition) is 1. The van der Waals surface area contributed by atoms with Crippen LogP contribution in [0.3, 0.4) is 0 Å². The largest absolute Gasteiger partial charge is 0.388 e. The third-order valence-electron chi connectivity index (χ3n) is 3.67. The lowest BCUT2D eigenvalue weighted by Gasteiger charge is -2.40. The molecule has 0 amide bonds. The van der Waals surface area contributed by atoms with Crippen molar-refractivity contribution in [1.29, 1.82) is 0 Å². The second-order valence-corrected chi connectivity index (χ2v) is 7.28. The van der Waals surface area contributed by atoms with Crippen molar-refractivity contribution >= 4 is 0 Å². The van der Waals surface area contributed by atoms with E-state index < -0.39 is 0 Å². The van der Waals surface area contributed by atoms with Crippen LogP contribution in [0.5, 0.6) is 0 Å². The fourth-order valence-corrected chi connectivity index (χ4v) is 2.45. The number of allylic oxidation sites excluding steroid dienone is 2. The molecular formula is C16H28O. The van der Waals surface area contributed by atoms with Crippen molar-refractivity contribution in [1.82, 2.24) is 0 Å².